The standard InChI is InChI=1S/C13H13NOS/c15-11-8-4-7-10-12(11)16-13(14-10)9-5-2-1-3-6-9/h1-3,5-6,11,15H,4,7-8H2/t11-/m1/s1. The number of nitrogens with zero attached hydrogens (tertiary/aromatic N) is 1. The number of aliphatic hydroxyl groups is 1. The van der Waals surface area contributed by atoms with Crippen molar-refractivity contribution in [3.63, 3.8) is 0 Å². The van der Waals surface area contributed by atoms with Gasteiger partial charge in [-0.3, -0.25) is 0 Å². The van der Waals surface area contributed by atoms with Gasteiger partial charge >= 0.3 is 0 Å². The van der Waals surface area contributed by atoms with Gasteiger partial charge in [-0.25, -0.2) is 4.98 Å². The Labute approximate surface area is 98.6 Å². The third-order valence-corrected chi connectivity index (χ3v) is 4.19. The summed E-state index contributed by atoms with van der Waals surface area (Å²) in [4.78, 5) is 5.70. The van der Waals surface area contributed by atoms with E-state index in [0.29, 0.717) is 0 Å². The van der Waals surface area contributed by atoms with Crippen molar-refractivity contribution in [2.24, 2.45) is 0 Å². The third kappa shape index (κ3) is 1.66. The van der Waals surface area contributed by atoms with Crippen LogP contribution in [0.2, 0.25) is 0 Å². The van der Waals surface area contributed by atoms with E-state index in [1.54, 1.807) is 11.3 Å². The van der Waals surface area contributed by atoms with E-state index in [4.69, 9.17) is 0 Å². The van der Waals surface area contributed by atoms with Crippen LogP contribution in [0.25, 0.3) is 10.6 Å². The lowest BCUT2D eigenvalue weighted by molar-refractivity contribution is 0.160. The Morgan fingerprint density at radius 3 is 2.81 bits per heavy atom. The molecule has 2 nitrogen and oxygen atoms in total. The second kappa shape index (κ2) is 4.00. The molecular formula is C13H13NOS. The highest BCUT2D eigenvalue weighted by Crippen LogP contribution is 2.37. The second-order valence-corrected chi connectivity index (χ2v) is 5.13. The van der Waals surface area contributed by atoms with Crippen molar-refractivity contribution >= 4 is 11.3 Å². The number of benzene rings is 1. The molecule has 3 heteroatoms. The van der Waals surface area contributed by atoms with Crippen molar-refractivity contribution in [3.05, 3.63) is 40.9 Å². The molecule has 0 unspecified atom stereocenters. The lowest BCUT2D eigenvalue weighted by atomic mass is 10.0. The normalized spacial score (nSPS) is 19.4. The number of rotatable bonds is 1. The van der Waals surface area contributed by atoms with E-state index in [0.717, 1.165) is 40.4 Å². The highest BCUT2D eigenvalue weighted by molar-refractivity contribution is 7.15. The minimum atomic E-state index is -0.293. The number of aromatic nitrogens is 1. The number of thiazole rings is 1. The van der Waals surface area contributed by atoms with Gasteiger partial charge in [0.05, 0.1) is 16.7 Å². The summed E-state index contributed by atoms with van der Waals surface area (Å²) in [6.07, 6.45) is 2.64. The van der Waals surface area contributed by atoms with Crippen LogP contribution in [0.4, 0.5) is 0 Å². The Bertz CT molecular complexity index is 492. The SMILES string of the molecule is O[C@@H]1CCCc2nc(-c3ccccc3)sc21. The van der Waals surface area contributed by atoms with E-state index in [1.807, 2.05) is 18.2 Å². The van der Waals surface area contributed by atoms with Gasteiger partial charge in [-0.1, -0.05) is 30.3 Å². The fourth-order valence-corrected chi connectivity index (χ4v) is 3.24. The molecule has 0 amide bonds. The highest BCUT2D eigenvalue weighted by Gasteiger charge is 2.22. The summed E-state index contributed by atoms with van der Waals surface area (Å²) in [6, 6.07) is 10.2. The molecule has 0 bridgehead atoms. The quantitative estimate of drug-likeness (QED) is 0.817. The zero-order valence-corrected chi connectivity index (χ0v) is 9.70. The molecule has 1 atom stereocenters. The molecule has 0 radical (unpaired) electrons. The van der Waals surface area contributed by atoms with Crippen LogP contribution < -0.4 is 0 Å². The molecule has 1 aromatic heterocycles. The number of fused-ring (bicyclic) bond motifs is 1. The molecule has 1 N–H and O–H groups in total. The van der Waals surface area contributed by atoms with Crippen molar-refractivity contribution in [1.82, 2.24) is 4.98 Å². The van der Waals surface area contributed by atoms with Gasteiger partial charge in [-0.05, 0) is 19.3 Å². The average molecular weight is 231 g/mol. The Balaban J connectivity index is 2.05. The van der Waals surface area contributed by atoms with E-state index in [2.05, 4.69) is 17.1 Å². The van der Waals surface area contributed by atoms with Crippen molar-refractivity contribution in [2.45, 2.75) is 25.4 Å². The summed E-state index contributed by atoms with van der Waals surface area (Å²) >= 11 is 1.64. The molecular weight excluding hydrogens is 218 g/mol. The molecule has 2 aromatic rings. The van der Waals surface area contributed by atoms with E-state index >= 15 is 0 Å². The summed E-state index contributed by atoms with van der Waals surface area (Å²) in [5.41, 5.74) is 2.25. The van der Waals surface area contributed by atoms with Gasteiger partial charge in [-0.15, -0.1) is 11.3 Å². The van der Waals surface area contributed by atoms with Crippen molar-refractivity contribution in [1.29, 1.82) is 0 Å². The minimum absolute atomic E-state index is 0.293. The lowest BCUT2D eigenvalue weighted by Crippen LogP contribution is -2.06. The average Bonchev–Trinajstić information content (AvgIpc) is 2.76. The van der Waals surface area contributed by atoms with Gasteiger partial charge in [0.15, 0.2) is 0 Å². The molecule has 1 aliphatic carbocycles. The van der Waals surface area contributed by atoms with Crippen LogP contribution in [-0.4, -0.2) is 10.1 Å². The molecule has 16 heavy (non-hydrogen) atoms. The molecule has 0 saturated heterocycles. The predicted molar refractivity (Wildman–Crippen MR) is 65.4 cm³/mol. The van der Waals surface area contributed by atoms with Crippen LogP contribution in [0.15, 0.2) is 30.3 Å². The first-order chi connectivity index (χ1) is 7.84. The Morgan fingerprint density at radius 1 is 1.25 bits per heavy atom. The van der Waals surface area contributed by atoms with Crippen LogP contribution in [0, 0.1) is 0 Å². The maximum Gasteiger partial charge on any atom is 0.123 e. The first-order valence-corrected chi connectivity index (χ1v) is 6.39. The minimum Gasteiger partial charge on any atom is -0.388 e. The van der Waals surface area contributed by atoms with Gasteiger partial charge in [0.25, 0.3) is 0 Å². The highest BCUT2D eigenvalue weighted by atomic mass is 32.1. The third-order valence-electron chi connectivity index (χ3n) is 2.94. The lowest BCUT2D eigenvalue weighted by Gasteiger charge is -2.14. The van der Waals surface area contributed by atoms with Gasteiger partial charge in [0, 0.05) is 5.56 Å². The van der Waals surface area contributed by atoms with Gasteiger partial charge in [0.2, 0.25) is 0 Å². The maximum absolute atomic E-state index is 9.89. The maximum atomic E-state index is 9.89. The zero-order chi connectivity index (χ0) is 11.0. The predicted octanol–water partition coefficient (Wildman–Crippen LogP) is 3.18. The number of aliphatic hydroxyl groups excluding tert-OH is 1. The van der Waals surface area contributed by atoms with Crippen LogP contribution in [-0.2, 0) is 6.42 Å². The van der Waals surface area contributed by atoms with E-state index in [-0.39, 0.29) is 6.10 Å². The molecule has 0 aliphatic heterocycles. The Hall–Kier alpha value is -1.19. The number of hydrogen-bond acceptors (Lipinski definition) is 3. The summed E-state index contributed by atoms with van der Waals surface area (Å²) in [5, 5.41) is 10.9. The van der Waals surface area contributed by atoms with Crippen LogP contribution in [0.3, 0.4) is 0 Å². The second-order valence-electron chi connectivity index (χ2n) is 4.10. The number of aryl methyl sites for hydroxylation is 1. The Kier molecular flexibility index (Phi) is 2.50. The topological polar surface area (TPSA) is 33.1 Å². The molecule has 0 saturated carbocycles. The van der Waals surface area contributed by atoms with Crippen molar-refractivity contribution < 1.29 is 5.11 Å². The summed E-state index contributed by atoms with van der Waals surface area (Å²) in [6.45, 7) is 0. The van der Waals surface area contributed by atoms with E-state index in [9.17, 15) is 5.11 Å². The van der Waals surface area contributed by atoms with E-state index in [1.165, 1.54) is 0 Å². The van der Waals surface area contributed by atoms with Crippen LogP contribution in [0.5, 0.6) is 0 Å². The molecule has 82 valence electrons. The van der Waals surface area contributed by atoms with Gasteiger partial charge in [-0.2, -0.15) is 0 Å². The molecule has 1 aliphatic rings. The van der Waals surface area contributed by atoms with Gasteiger partial charge < -0.3 is 5.11 Å². The van der Waals surface area contributed by atoms with E-state index < -0.39 is 0 Å². The fourth-order valence-electron chi connectivity index (χ4n) is 2.10. The largest absolute Gasteiger partial charge is 0.388 e. The first kappa shape index (κ1) is 10.00. The van der Waals surface area contributed by atoms with Crippen molar-refractivity contribution in [3.8, 4) is 10.6 Å². The van der Waals surface area contributed by atoms with Crippen molar-refractivity contribution in [2.75, 3.05) is 0 Å². The zero-order valence-electron chi connectivity index (χ0n) is 8.89. The summed E-state index contributed by atoms with van der Waals surface area (Å²) in [7, 11) is 0. The monoisotopic (exact) mass is 231 g/mol. The first-order valence-electron chi connectivity index (χ1n) is 5.57. The molecule has 0 fully saturated rings. The molecule has 1 aromatic carbocycles. The smallest absolute Gasteiger partial charge is 0.123 e. The van der Waals surface area contributed by atoms with Crippen LogP contribution >= 0.6 is 11.3 Å². The molecule has 1 heterocycles. The molecule has 3 rings (SSSR count). The fraction of sp³-hybridized carbons (Fsp3) is 0.308. The van der Waals surface area contributed by atoms with Crippen LogP contribution in [0.1, 0.15) is 29.5 Å². The summed E-state index contributed by atoms with van der Waals surface area (Å²) < 4.78 is 0. The van der Waals surface area contributed by atoms with Gasteiger partial charge in [0.1, 0.15) is 5.01 Å². The summed E-state index contributed by atoms with van der Waals surface area (Å²) in [5.74, 6) is 0. The molecule has 0 spiro atoms. The number of hydrogen-bond donors (Lipinski definition) is 1. The Morgan fingerprint density at radius 2 is 2.06 bits per heavy atom.